The van der Waals surface area contributed by atoms with Gasteiger partial charge in [0.25, 0.3) is 5.91 Å². The number of likely N-dealkylation sites (tertiary alicyclic amines) is 1. The summed E-state index contributed by atoms with van der Waals surface area (Å²) in [6.07, 6.45) is 6.40. The van der Waals surface area contributed by atoms with Gasteiger partial charge < -0.3 is 20.6 Å². The molecule has 27 heavy (non-hydrogen) atoms. The fraction of sp³-hybridized carbons (Fsp3) is 0.421. The van der Waals surface area contributed by atoms with Gasteiger partial charge in [-0.1, -0.05) is 0 Å². The molecule has 0 aliphatic carbocycles. The van der Waals surface area contributed by atoms with Gasteiger partial charge in [0.15, 0.2) is 0 Å². The lowest BCUT2D eigenvalue weighted by molar-refractivity contribution is 0.0635. The number of carbonyl (C=O) groups excluding carboxylic acids is 2. The average molecular weight is 371 g/mol. The average Bonchev–Trinajstić information content (AvgIpc) is 3.09. The predicted molar refractivity (Wildman–Crippen MR) is 103 cm³/mol. The number of urea groups is 1. The van der Waals surface area contributed by atoms with Crippen LogP contribution in [0.3, 0.4) is 0 Å². The first-order chi connectivity index (χ1) is 13.1. The van der Waals surface area contributed by atoms with Crippen molar-refractivity contribution in [2.45, 2.75) is 38.8 Å². The summed E-state index contributed by atoms with van der Waals surface area (Å²) in [6, 6.07) is 6.77. The highest BCUT2D eigenvalue weighted by Gasteiger charge is 2.24. The molecule has 1 aromatic heterocycles. The number of nitrogens with one attached hydrogen (secondary N) is 2. The second kappa shape index (κ2) is 8.68. The highest BCUT2D eigenvalue weighted by atomic mass is 16.3. The van der Waals surface area contributed by atoms with E-state index in [4.69, 9.17) is 5.11 Å². The van der Waals surface area contributed by atoms with Crippen molar-refractivity contribution in [3.8, 4) is 0 Å². The molecule has 1 aromatic carbocycles. The van der Waals surface area contributed by atoms with Gasteiger partial charge in [0.2, 0.25) is 0 Å². The normalized spacial score (nSPS) is 16.8. The Balaban J connectivity index is 1.56. The van der Waals surface area contributed by atoms with Crippen LogP contribution in [0.2, 0.25) is 0 Å². The molecular formula is C19H25N5O3. The Hall–Kier alpha value is -2.87. The van der Waals surface area contributed by atoms with Crippen molar-refractivity contribution in [2.24, 2.45) is 0 Å². The Labute approximate surface area is 158 Å². The molecule has 0 unspecified atom stereocenters. The summed E-state index contributed by atoms with van der Waals surface area (Å²) in [5.41, 5.74) is 1.75. The first-order valence-corrected chi connectivity index (χ1v) is 9.19. The van der Waals surface area contributed by atoms with E-state index < -0.39 is 6.03 Å². The maximum atomic E-state index is 12.6. The number of aromatic nitrogens is 2. The summed E-state index contributed by atoms with van der Waals surface area (Å²) in [5, 5.41) is 18.3. The molecule has 0 saturated carbocycles. The summed E-state index contributed by atoms with van der Waals surface area (Å²) in [5.74, 6) is 0.0366. The number of benzene rings is 1. The van der Waals surface area contributed by atoms with Crippen LogP contribution in [-0.2, 0) is 6.54 Å². The molecule has 1 atom stereocenters. The maximum Gasteiger partial charge on any atom is 0.323 e. The van der Waals surface area contributed by atoms with Gasteiger partial charge in [0.05, 0.1) is 25.0 Å². The van der Waals surface area contributed by atoms with E-state index in [2.05, 4.69) is 22.7 Å². The van der Waals surface area contributed by atoms with Crippen LogP contribution >= 0.6 is 0 Å². The van der Waals surface area contributed by atoms with Crippen molar-refractivity contribution in [1.82, 2.24) is 14.7 Å². The van der Waals surface area contributed by atoms with E-state index in [1.54, 1.807) is 30.5 Å². The minimum atomic E-state index is -0.401. The van der Waals surface area contributed by atoms with Gasteiger partial charge in [0.1, 0.15) is 0 Å². The molecule has 1 aliphatic heterocycles. The Morgan fingerprint density at radius 3 is 2.63 bits per heavy atom. The molecule has 3 N–H and O–H groups in total. The van der Waals surface area contributed by atoms with Gasteiger partial charge in [-0.3, -0.25) is 9.48 Å². The lowest BCUT2D eigenvalue weighted by atomic mass is 10.0. The van der Waals surface area contributed by atoms with E-state index in [1.807, 2.05) is 4.90 Å². The molecule has 0 spiro atoms. The Kier molecular flexibility index (Phi) is 6.08. The number of carbonyl (C=O) groups is 2. The highest BCUT2D eigenvalue weighted by Crippen LogP contribution is 2.20. The lowest BCUT2D eigenvalue weighted by Gasteiger charge is -2.33. The second-order valence-electron chi connectivity index (χ2n) is 6.72. The number of hydrogen-bond acceptors (Lipinski definition) is 4. The molecule has 1 aliphatic rings. The summed E-state index contributed by atoms with van der Waals surface area (Å²) >= 11 is 0. The molecule has 0 radical (unpaired) electrons. The van der Waals surface area contributed by atoms with Crippen LogP contribution in [-0.4, -0.2) is 50.9 Å². The third-order valence-electron chi connectivity index (χ3n) is 4.67. The van der Waals surface area contributed by atoms with Gasteiger partial charge in [-0.05, 0) is 50.5 Å². The molecule has 3 rings (SSSR count). The Morgan fingerprint density at radius 2 is 1.93 bits per heavy atom. The van der Waals surface area contributed by atoms with Crippen molar-refractivity contribution in [3.63, 3.8) is 0 Å². The smallest absolute Gasteiger partial charge is 0.323 e. The largest absolute Gasteiger partial charge is 0.394 e. The molecule has 2 aromatic rings. The number of piperidine rings is 1. The van der Waals surface area contributed by atoms with Crippen LogP contribution in [0.5, 0.6) is 0 Å². The standard InChI is InChI=1S/C19H25N5O3/c1-14-4-2-3-9-24(14)18(26)15-5-7-16(8-6-15)21-19(27)22-17-12-20-23(13-17)10-11-25/h5-8,12-14,25H,2-4,9-11H2,1H3,(H2,21,22,27)/t14-/m0/s1. The number of aliphatic hydroxyl groups excluding tert-OH is 1. The van der Waals surface area contributed by atoms with E-state index in [1.165, 1.54) is 17.3 Å². The summed E-state index contributed by atoms with van der Waals surface area (Å²) in [4.78, 5) is 26.6. The monoisotopic (exact) mass is 371 g/mol. The fourth-order valence-corrected chi connectivity index (χ4v) is 3.21. The van der Waals surface area contributed by atoms with Crippen molar-refractivity contribution in [3.05, 3.63) is 42.2 Å². The molecule has 2 heterocycles. The second-order valence-corrected chi connectivity index (χ2v) is 6.72. The minimum absolute atomic E-state index is 0.0193. The van der Waals surface area contributed by atoms with Crippen molar-refractivity contribution >= 4 is 23.3 Å². The molecule has 1 saturated heterocycles. The van der Waals surface area contributed by atoms with E-state index in [-0.39, 0.29) is 18.6 Å². The third-order valence-corrected chi connectivity index (χ3v) is 4.67. The number of nitrogens with zero attached hydrogens (tertiary/aromatic N) is 3. The first kappa shape index (κ1) is 18.9. The summed E-state index contributed by atoms with van der Waals surface area (Å²) in [7, 11) is 0. The molecule has 8 heteroatoms. The van der Waals surface area contributed by atoms with Gasteiger partial charge in [-0.25, -0.2) is 4.79 Å². The van der Waals surface area contributed by atoms with E-state index >= 15 is 0 Å². The van der Waals surface area contributed by atoms with Crippen LogP contribution < -0.4 is 10.6 Å². The van der Waals surface area contributed by atoms with Gasteiger partial charge in [0, 0.05) is 30.0 Å². The first-order valence-electron chi connectivity index (χ1n) is 9.19. The number of anilines is 2. The molecule has 1 fully saturated rings. The number of aliphatic hydroxyl groups is 1. The van der Waals surface area contributed by atoms with Crippen LogP contribution in [0.1, 0.15) is 36.5 Å². The van der Waals surface area contributed by atoms with Crippen LogP contribution in [0.15, 0.2) is 36.7 Å². The van der Waals surface area contributed by atoms with Gasteiger partial charge in [-0.2, -0.15) is 5.10 Å². The molecule has 3 amide bonds. The summed E-state index contributed by atoms with van der Waals surface area (Å²) in [6.45, 7) is 3.23. The third kappa shape index (κ3) is 4.85. The zero-order valence-electron chi connectivity index (χ0n) is 15.4. The number of hydrogen-bond donors (Lipinski definition) is 3. The van der Waals surface area contributed by atoms with Crippen LogP contribution in [0.25, 0.3) is 0 Å². The van der Waals surface area contributed by atoms with E-state index in [0.29, 0.717) is 23.5 Å². The molecular weight excluding hydrogens is 346 g/mol. The number of amides is 3. The Morgan fingerprint density at radius 1 is 1.19 bits per heavy atom. The molecule has 144 valence electrons. The van der Waals surface area contributed by atoms with Crippen molar-refractivity contribution in [2.75, 3.05) is 23.8 Å². The molecule has 0 bridgehead atoms. The van der Waals surface area contributed by atoms with Crippen LogP contribution in [0.4, 0.5) is 16.2 Å². The Bertz CT molecular complexity index is 787. The quantitative estimate of drug-likeness (QED) is 0.752. The van der Waals surface area contributed by atoms with Gasteiger partial charge in [-0.15, -0.1) is 0 Å². The van der Waals surface area contributed by atoms with Crippen molar-refractivity contribution < 1.29 is 14.7 Å². The fourth-order valence-electron chi connectivity index (χ4n) is 3.21. The summed E-state index contributed by atoms with van der Waals surface area (Å²) < 4.78 is 1.54. The zero-order valence-corrected chi connectivity index (χ0v) is 15.4. The topological polar surface area (TPSA) is 99.5 Å². The SMILES string of the molecule is C[C@H]1CCCCN1C(=O)c1ccc(NC(=O)Nc2cnn(CCO)c2)cc1. The number of rotatable bonds is 5. The maximum absolute atomic E-state index is 12.6. The van der Waals surface area contributed by atoms with Crippen molar-refractivity contribution in [1.29, 1.82) is 0 Å². The predicted octanol–water partition coefficient (Wildman–Crippen LogP) is 2.53. The van der Waals surface area contributed by atoms with Gasteiger partial charge >= 0.3 is 6.03 Å². The molecule has 8 nitrogen and oxygen atoms in total. The van der Waals surface area contributed by atoms with E-state index in [9.17, 15) is 9.59 Å². The minimum Gasteiger partial charge on any atom is -0.394 e. The lowest BCUT2D eigenvalue weighted by Crippen LogP contribution is -2.42. The zero-order chi connectivity index (χ0) is 19.2. The van der Waals surface area contributed by atoms with Crippen LogP contribution in [0, 0.1) is 0 Å². The highest BCUT2D eigenvalue weighted by molar-refractivity contribution is 6.00. The van der Waals surface area contributed by atoms with E-state index in [0.717, 1.165) is 19.4 Å².